The summed E-state index contributed by atoms with van der Waals surface area (Å²) in [6.45, 7) is 7.31. The van der Waals surface area contributed by atoms with Gasteiger partial charge >= 0.3 is 6.03 Å². The van der Waals surface area contributed by atoms with E-state index >= 15 is 0 Å². The Hall–Kier alpha value is -2.75. The Balaban J connectivity index is 1.15. The number of hydrogen-bond donors (Lipinski definition) is 1. The molecule has 6 rings (SSSR count). The first-order chi connectivity index (χ1) is 18.5. The number of aromatic nitrogens is 2. The molecule has 1 spiro atoms. The van der Waals surface area contributed by atoms with Crippen molar-refractivity contribution in [2.45, 2.75) is 43.2 Å². The van der Waals surface area contributed by atoms with E-state index in [0.717, 1.165) is 89.7 Å². The van der Waals surface area contributed by atoms with Gasteiger partial charge in [0.1, 0.15) is 0 Å². The number of carbonyl (C=O) groups excluding carboxylic acids is 1. The summed E-state index contributed by atoms with van der Waals surface area (Å²) in [5.41, 5.74) is 1.91. The lowest BCUT2D eigenvalue weighted by Gasteiger charge is -2.50. The van der Waals surface area contributed by atoms with Gasteiger partial charge in [0.05, 0.1) is 36.8 Å². The first kappa shape index (κ1) is 25.5. The molecule has 4 fully saturated rings. The number of nitrogens with one attached hydrogen (secondary N) is 1. The van der Waals surface area contributed by atoms with Crippen LogP contribution in [0.1, 0.15) is 37.7 Å². The molecule has 1 aliphatic carbocycles. The Morgan fingerprint density at radius 3 is 2.42 bits per heavy atom. The van der Waals surface area contributed by atoms with E-state index in [0.29, 0.717) is 12.5 Å². The largest absolute Gasteiger partial charge is 0.381 e. The van der Waals surface area contributed by atoms with E-state index in [4.69, 9.17) is 4.74 Å². The first-order valence-corrected chi connectivity index (χ1v) is 14.2. The van der Waals surface area contributed by atoms with Crippen molar-refractivity contribution in [3.05, 3.63) is 48.3 Å². The van der Waals surface area contributed by atoms with Gasteiger partial charge in [-0.1, -0.05) is 30.3 Å². The standard InChI is InChI=1S/C29H41N7O2/c1-33-13-15-35(16-14-33)26-30-18-25(19-31-26)36-22-28(32-27(36)37)9-11-29(12-10-28,24-6-4-3-5-7-24)34(2)20-23-8-17-38-21-23/h3-7,18-19,23H,8-17,20-22H2,1-2H3,(H,32,37). The number of anilines is 2. The number of piperazine rings is 1. The van der Waals surface area contributed by atoms with E-state index < -0.39 is 0 Å². The minimum absolute atomic E-state index is 0.0273. The quantitative estimate of drug-likeness (QED) is 0.629. The number of carbonyl (C=O) groups is 1. The SMILES string of the molecule is CN1CCN(c2ncc(N3CC4(CCC(c5ccccc5)(N(C)CC5CCOC5)CC4)NC3=O)cn2)CC1. The average Bonchev–Trinajstić information content (AvgIpc) is 3.58. The van der Waals surface area contributed by atoms with E-state index in [9.17, 15) is 4.79 Å². The Bertz CT molecular complexity index is 1090. The zero-order valence-corrected chi connectivity index (χ0v) is 22.8. The van der Waals surface area contributed by atoms with Gasteiger partial charge in [-0.2, -0.15) is 0 Å². The summed E-state index contributed by atoms with van der Waals surface area (Å²) in [5.74, 6) is 1.34. The van der Waals surface area contributed by atoms with E-state index in [2.05, 4.69) is 74.4 Å². The molecule has 1 aromatic heterocycles. The zero-order chi connectivity index (χ0) is 26.2. The van der Waals surface area contributed by atoms with Gasteiger partial charge in [-0.15, -0.1) is 0 Å². The fraction of sp³-hybridized carbons (Fsp3) is 0.621. The van der Waals surface area contributed by atoms with Crippen molar-refractivity contribution < 1.29 is 9.53 Å². The van der Waals surface area contributed by atoms with Gasteiger partial charge in [-0.05, 0) is 57.7 Å². The van der Waals surface area contributed by atoms with Crippen LogP contribution in [-0.4, -0.2) is 97.9 Å². The van der Waals surface area contributed by atoms with Crippen LogP contribution in [0.5, 0.6) is 0 Å². The second kappa shape index (κ2) is 10.4. The van der Waals surface area contributed by atoms with Crippen LogP contribution in [0, 0.1) is 5.92 Å². The van der Waals surface area contributed by atoms with Gasteiger partial charge in [-0.25, -0.2) is 14.8 Å². The third-order valence-corrected chi connectivity index (χ3v) is 9.43. The second-order valence-corrected chi connectivity index (χ2v) is 11.8. The van der Waals surface area contributed by atoms with Crippen molar-refractivity contribution >= 4 is 17.7 Å². The van der Waals surface area contributed by atoms with Gasteiger partial charge in [0.2, 0.25) is 5.95 Å². The summed E-state index contributed by atoms with van der Waals surface area (Å²) < 4.78 is 5.68. The fourth-order valence-electron chi connectivity index (χ4n) is 6.89. The van der Waals surface area contributed by atoms with Crippen molar-refractivity contribution in [1.82, 2.24) is 25.1 Å². The van der Waals surface area contributed by atoms with Crippen molar-refractivity contribution in [2.75, 3.05) is 76.4 Å². The Labute approximate surface area is 226 Å². The predicted octanol–water partition coefficient (Wildman–Crippen LogP) is 2.93. The number of likely N-dealkylation sites (N-methyl/N-ethyl adjacent to an activating group) is 1. The smallest absolute Gasteiger partial charge is 0.322 e. The lowest BCUT2D eigenvalue weighted by Crippen LogP contribution is -2.55. The summed E-state index contributed by atoms with van der Waals surface area (Å²) >= 11 is 0. The summed E-state index contributed by atoms with van der Waals surface area (Å²) in [7, 11) is 4.42. The van der Waals surface area contributed by atoms with Crippen LogP contribution in [0.25, 0.3) is 0 Å². The molecule has 38 heavy (non-hydrogen) atoms. The molecule has 1 atom stereocenters. The third kappa shape index (κ3) is 4.87. The molecule has 4 heterocycles. The summed E-state index contributed by atoms with van der Waals surface area (Å²) in [5, 5.41) is 3.38. The van der Waals surface area contributed by atoms with Crippen LogP contribution in [0.3, 0.4) is 0 Å². The number of ether oxygens (including phenoxy) is 1. The molecular formula is C29H41N7O2. The van der Waals surface area contributed by atoms with Crippen LogP contribution in [0.4, 0.5) is 16.4 Å². The number of urea groups is 1. The number of benzene rings is 1. The molecule has 1 unspecified atom stereocenters. The normalized spacial score (nSPS) is 30.4. The molecule has 3 saturated heterocycles. The summed E-state index contributed by atoms with van der Waals surface area (Å²) in [4.78, 5) is 31.4. The molecular weight excluding hydrogens is 478 g/mol. The van der Waals surface area contributed by atoms with Gasteiger partial charge in [-0.3, -0.25) is 9.80 Å². The van der Waals surface area contributed by atoms with Gasteiger partial charge in [0.25, 0.3) is 0 Å². The van der Waals surface area contributed by atoms with Crippen LogP contribution in [0.2, 0.25) is 0 Å². The third-order valence-electron chi connectivity index (χ3n) is 9.43. The molecule has 3 aliphatic heterocycles. The number of hydrogen-bond acceptors (Lipinski definition) is 7. The molecule has 0 bridgehead atoms. The zero-order valence-electron chi connectivity index (χ0n) is 22.8. The molecule has 9 nitrogen and oxygen atoms in total. The van der Waals surface area contributed by atoms with Gasteiger partial charge < -0.3 is 19.9 Å². The average molecular weight is 520 g/mol. The predicted molar refractivity (Wildman–Crippen MR) is 148 cm³/mol. The maximum Gasteiger partial charge on any atom is 0.322 e. The fourth-order valence-corrected chi connectivity index (χ4v) is 6.89. The highest BCUT2D eigenvalue weighted by atomic mass is 16.5. The Kier molecular flexibility index (Phi) is 7.01. The molecule has 0 radical (unpaired) electrons. The monoisotopic (exact) mass is 519 g/mol. The second-order valence-electron chi connectivity index (χ2n) is 11.8. The summed E-state index contributed by atoms with van der Waals surface area (Å²) in [6, 6.07) is 10.9. The number of rotatable bonds is 6. The van der Waals surface area contributed by atoms with Crippen molar-refractivity contribution in [3.63, 3.8) is 0 Å². The van der Waals surface area contributed by atoms with Crippen LogP contribution in [-0.2, 0) is 10.3 Å². The molecule has 1 saturated carbocycles. The van der Waals surface area contributed by atoms with Crippen LogP contribution >= 0.6 is 0 Å². The van der Waals surface area contributed by atoms with Crippen molar-refractivity contribution in [1.29, 1.82) is 0 Å². The number of amides is 2. The Morgan fingerprint density at radius 2 is 1.76 bits per heavy atom. The molecule has 1 N–H and O–H groups in total. The topological polar surface area (TPSA) is 77.1 Å². The highest BCUT2D eigenvalue weighted by molar-refractivity contribution is 5.95. The molecule has 2 aromatic rings. The Morgan fingerprint density at radius 1 is 1.05 bits per heavy atom. The minimum Gasteiger partial charge on any atom is -0.381 e. The lowest BCUT2D eigenvalue weighted by atomic mass is 9.68. The van der Waals surface area contributed by atoms with Crippen LogP contribution < -0.4 is 15.1 Å². The van der Waals surface area contributed by atoms with Gasteiger partial charge in [0.15, 0.2) is 0 Å². The van der Waals surface area contributed by atoms with Crippen molar-refractivity contribution in [2.24, 2.45) is 5.92 Å². The molecule has 9 heteroatoms. The highest BCUT2D eigenvalue weighted by Gasteiger charge is 2.51. The van der Waals surface area contributed by atoms with E-state index in [1.54, 1.807) is 0 Å². The lowest BCUT2D eigenvalue weighted by molar-refractivity contribution is 0.0323. The molecule has 1 aromatic carbocycles. The minimum atomic E-state index is -0.219. The first-order valence-electron chi connectivity index (χ1n) is 14.2. The molecule has 4 aliphatic rings. The molecule has 2 amide bonds. The molecule has 204 valence electrons. The van der Waals surface area contributed by atoms with Crippen molar-refractivity contribution in [3.8, 4) is 0 Å². The van der Waals surface area contributed by atoms with Crippen LogP contribution in [0.15, 0.2) is 42.7 Å². The number of nitrogens with zero attached hydrogens (tertiary/aromatic N) is 6. The maximum absolute atomic E-state index is 13.2. The van der Waals surface area contributed by atoms with Gasteiger partial charge in [0, 0.05) is 44.9 Å². The summed E-state index contributed by atoms with van der Waals surface area (Å²) in [6.07, 6.45) is 8.66. The maximum atomic E-state index is 13.2. The highest BCUT2D eigenvalue weighted by Crippen LogP contribution is 2.47. The van der Waals surface area contributed by atoms with E-state index in [-0.39, 0.29) is 17.1 Å². The van der Waals surface area contributed by atoms with E-state index in [1.807, 2.05) is 17.3 Å². The van der Waals surface area contributed by atoms with E-state index in [1.165, 1.54) is 5.56 Å².